The fourth-order valence-electron chi connectivity index (χ4n) is 1.78. The predicted molar refractivity (Wildman–Crippen MR) is 90.4 cm³/mol. The summed E-state index contributed by atoms with van der Waals surface area (Å²) >= 11 is -2.25. The summed E-state index contributed by atoms with van der Waals surface area (Å²) in [4.78, 5) is 13.2. The molecule has 24 heavy (non-hydrogen) atoms. The third-order valence-corrected chi connectivity index (χ3v) is 4.36. The third kappa shape index (κ3) is 5.87. The van der Waals surface area contributed by atoms with Crippen LogP contribution in [0.15, 0.2) is 70.6 Å². The van der Waals surface area contributed by atoms with Crippen molar-refractivity contribution in [2.45, 2.75) is 0 Å². The zero-order valence-electron chi connectivity index (χ0n) is 12.2. The summed E-state index contributed by atoms with van der Waals surface area (Å²) in [5, 5.41) is 7.70. The summed E-state index contributed by atoms with van der Waals surface area (Å²) in [5.41, 5.74) is 3.46. The number of rotatable bonds is 2. The Bertz CT molecular complexity index is 792. The Kier molecular flexibility index (Phi) is 7.59. The van der Waals surface area contributed by atoms with Gasteiger partial charge in [0.1, 0.15) is 0 Å². The van der Waals surface area contributed by atoms with Gasteiger partial charge in [0.15, 0.2) is 0 Å². The minimum Gasteiger partial charge on any atom is -0.255 e. The molecule has 0 N–H and O–H groups in total. The molecule has 0 bridgehead atoms. The Morgan fingerprint density at radius 2 is 1.29 bits per heavy atom. The van der Waals surface area contributed by atoms with Crippen LogP contribution >= 0.6 is 19.3 Å². The molecule has 3 heterocycles. The molecule has 0 aromatic carbocycles. The van der Waals surface area contributed by atoms with Crippen molar-refractivity contribution in [3.63, 3.8) is 0 Å². The Hall–Kier alpha value is -2.04. The second-order valence-corrected chi connectivity index (χ2v) is 11.2. The molecule has 0 aliphatic heterocycles. The smallest absolute Gasteiger partial charge is 0.0894 e. The number of hydrogen-bond donors (Lipinski definition) is 0. The molecule has 0 radical (unpaired) electrons. The molecule has 0 amide bonds. The molecule has 0 saturated heterocycles. The van der Waals surface area contributed by atoms with Crippen LogP contribution in [0.25, 0.3) is 22.8 Å². The van der Waals surface area contributed by atoms with Crippen LogP contribution in [0, 0.1) is 11.5 Å². The molecule has 0 unspecified atom stereocenters. The van der Waals surface area contributed by atoms with Gasteiger partial charge in [-0.05, 0) is 36.4 Å². The third-order valence-electron chi connectivity index (χ3n) is 2.70. The number of aromatic nitrogens is 3. The van der Waals surface area contributed by atoms with Crippen molar-refractivity contribution in [2.75, 3.05) is 0 Å². The van der Waals surface area contributed by atoms with Crippen molar-refractivity contribution in [3.8, 4) is 29.0 Å². The Morgan fingerprint density at radius 1 is 0.792 bits per heavy atom. The van der Waals surface area contributed by atoms with Crippen LogP contribution in [0.3, 0.4) is 0 Å². The molecule has 0 saturated carbocycles. The molecule has 0 spiro atoms. The molecule has 122 valence electrons. The topological polar surface area (TPSA) is 74.8 Å². The first-order valence-electron chi connectivity index (χ1n) is 6.60. The molecule has 0 aliphatic carbocycles. The largest absolute Gasteiger partial charge is 0.255 e. The monoisotopic (exact) mass is 535 g/mol. The van der Waals surface area contributed by atoms with E-state index in [1.807, 2.05) is 54.6 Å². The molecule has 0 aliphatic rings. The van der Waals surface area contributed by atoms with E-state index < -0.39 is 14.0 Å². The van der Waals surface area contributed by atoms with E-state index in [1.54, 1.807) is 12.4 Å². The first-order valence-corrected chi connectivity index (χ1v) is 14.0. The summed E-state index contributed by atoms with van der Waals surface area (Å²) in [6, 6.07) is 17.5. The van der Waals surface area contributed by atoms with E-state index in [0.717, 1.165) is 22.8 Å². The zero-order valence-corrected chi connectivity index (χ0v) is 16.2. The fraction of sp³-hybridized carbons (Fsp3) is 0. The molecule has 3 aromatic rings. The van der Waals surface area contributed by atoms with Crippen molar-refractivity contribution in [2.24, 2.45) is 3.65 Å². The van der Waals surface area contributed by atoms with Crippen LogP contribution in [0.4, 0.5) is 0 Å². The normalized spacial score (nSPS) is 9.96. The van der Waals surface area contributed by atoms with E-state index in [9.17, 15) is 0 Å². The number of pyridine rings is 3. The number of nitriles is 1. The van der Waals surface area contributed by atoms with Gasteiger partial charge in [0, 0.05) is 12.4 Å². The van der Waals surface area contributed by atoms with E-state index >= 15 is 0 Å². The van der Waals surface area contributed by atoms with Gasteiger partial charge in [0.05, 0.1) is 22.8 Å². The summed E-state index contributed by atoms with van der Waals surface area (Å²) in [6.07, 6.45) is 5.04. The van der Waals surface area contributed by atoms with E-state index in [4.69, 9.17) is 24.5 Å². The summed E-state index contributed by atoms with van der Waals surface area (Å²) < 4.78 is 3.14. The van der Waals surface area contributed by atoms with E-state index in [2.05, 4.69) is 18.6 Å². The second-order valence-electron chi connectivity index (χ2n) is 4.19. The van der Waals surface area contributed by atoms with E-state index in [0.29, 0.717) is 0 Å². The van der Waals surface area contributed by atoms with Gasteiger partial charge in [0.25, 0.3) is 0 Å². The molecule has 0 fully saturated rings. The number of halogens is 2. The van der Waals surface area contributed by atoms with Crippen LogP contribution in [-0.2, 0) is 14.0 Å². The van der Waals surface area contributed by atoms with Crippen LogP contribution < -0.4 is 0 Å². The van der Waals surface area contributed by atoms with Gasteiger partial charge < -0.3 is 0 Å². The molecular weight excluding hydrogens is 523 g/mol. The SMILES string of the molecule is N#C[N]=[Os]([Cl])[Cl].c1ccc(-c2cccc(-c3ccccn3)n2)nc1. The molecule has 5 nitrogen and oxygen atoms in total. The molecular formula is C16H11Cl2N5Os. The Labute approximate surface area is 152 Å². The van der Waals surface area contributed by atoms with Gasteiger partial charge in [-0.15, -0.1) is 0 Å². The molecule has 8 heteroatoms. The zero-order chi connectivity index (χ0) is 17.2. The van der Waals surface area contributed by atoms with Gasteiger partial charge in [0.2, 0.25) is 0 Å². The van der Waals surface area contributed by atoms with E-state index in [1.165, 1.54) is 6.19 Å². The molecule has 0 atom stereocenters. The Morgan fingerprint density at radius 3 is 1.62 bits per heavy atom. The fourth-order valence-corrected chi connectivity index (χ4v) is 2.40. The van der Waals surface area contributed by atoms with E-state index in [-0.39, 0.29) is 0 Å². The maximum absolute atomic E-state index is 7.70. The van der Waals surface area contributed by atoms with Crippen LogP contribution in [-0.4, -0.2) is 15.0 Å². The average Bonchev–Trinajstić information content (AvgIpc) is 2.64. The summed E-state index contributed by atoms with van der Waals surface area (Å²) in [5.74, 6) is 0. The first-order chi connectivity index (χ1) is 11.7. The maximum Gasteiger partial charge on any atom is 0.0894 e. The van der Waals surface area contributed by atoms with Gasteiger partial charge in [-0.3, -0.25) is 9.97 Å². The molecule has 3 rings (SSSR count). The van der Waals surface area contributed by atoms with Gasteiger partial charge in [-0.2, -0.15) is 0 Å². The second kappa shape index (κ2) is 9.95. The minimum atomic E-state index is -2.25. The first kappa shape index (κ1) is 18.3. The summed E-state index contributed by atoms with van der Waals surface area (Å²) in [6.45, 7) is 0. The average molecular weight is 534 g/mol. The van der Waals surface area contributed by atoms with Crippen LogP contribution in [0.2, 0.25) is 0 Å². The number of hydrogen-bond acceptors (Lipinski definition) is 5. The number of nitrogens with zero attached hydrogens (tertiary/aromatic N) is 5. The van der Waals surface area contributed by atoms with Crippen molar-refractivity contribution in [1.29, 1.82) is 5.26 Å². The van der Waals surface area contributed by atoms with Crippen molar-refractivity contribution in [3.05, 3.63) is 67.0 Å². The molecule has 3 aromatic heterocycles. The van der Waals surface area contributed by atoms with Crippen LogP contribution in [0.1, 0.15) is 0 Å². The van der Waals surface area contributed by atoms with Crippen molar-refractivity contribution < 1.29 is 14.0 Å². The van der Waals surface area contributed by atoms with Gasteiger partial charge in [-0.25, -0.2) is 4.98 Å². The Balaban J connectivity index is 0.000000301. The quantitative estimate of drug-likeness (QED) is 0.444. The van der Waals surface area contributed by atoms with Crippen molar-refractivity contribution >= 4 is 19.3 Å². The van der Waals surface area contributed by atoms with Gasteiger partial charge in [-0.1, -0.05) is 18.2 Å². The predicted octanol–water partition coefficient (Wildman–Crippen LogP) is 4.78. The summed E-state index contributed by atoms with van der Waals surface area (Å²) in [7, 11) is 10.3. The van der Waals surface area contributed by atoms with Crippen LogP contribution in [0.5, 0.6) is 0 Å². The standard InChI is InChI=1S/C15H11N3.CN2.2ClH.Os/c1-3-10-16-12(6-1)14-8-5-9-15(18-14)13-7-2-4-11-17-13;2-1-3;;;/h1-11H;;2*1H;/q;;;;+2/p-2. The van der Waals surface area contributed by atoms with Crippen molar-refractivity contribution in [1.82, 2.24) is 15.0 Å². The minimum absolute atomic E-state index is 0.860. The maximum atomic E-state index is 7.70. The van der Waals surface area contributed by atoms with Gasteiger partial charge >= 0.3 is 48.4 Å².